The van der Waals surface area contributed by atoms with Crippen molar-refractivity contribution in [1.82, 2.24) is 10.3 Å². The number of rotatable bonds is 11. The molecular weight excluding hydrogens is 516 g/mol. The van der Waals surface area contributed by atoms with Gasteiger partial charge in [-0.05, 0) is 36.1 Å². The number of quaternary nitrogens is 1. The number of aliphatic hydroxyl groups is 2. The second-order valence-electron chi connectivity index (χ2n) is 10.8. The molecule has 0 saturated heterocycles. The van der Waals surface area contributed by atoms with Gasteiger partial charge in [-0.1, -0.05) is 0 Å². The molecule has 0 bridgehead atoms. The summed E-state index contributed by atoms with van der Waals surface area (Å²) in [4.78, 5) is 17.9. The van der Waals surface area contributed by atoms with Gasteiger partial charge in [0, 0.05) is 25.0 Å². The summed E-state index contributed by atoms with van der Waals surface area (Å²) >= 11 is 1.39. The Kier molecular flexibility index (Phi) is 8.22. The van der Waals surface area contributed by atoms with Gasteiger partial charge in [-0.2, -0.15) is 0 Å². The smallest absolute Gasteiger partial charge is 0.227 e. The number of benzene rings is 2. The Bertz CT molecular complexity index is 1290. The Morgan fingerprint density at radius 1 is 1.13 bits per heavy atom. The molecule has 0 fully saturated rings. The van der Waals surface area contributed by atoms with Crippen molar-refractivity contribution in [1.29, 1.82) is 0 Å². The number of fused-ring (bicyclic) bond motifs is 2. The lowest BCUT2D eigenvalue weighted by Crippen LogP contribution is -2.43. The Balaban J connectivity index is 1.47. The van der Waals surface area contributed by atoms with Crippen molar-refractivity contribution in [3.63, 3.8) is 0 Å². The average Bonchev–Trinajstić information content (AvgIpc) is 3.39. The van der Waals surface area contributed by atoms with Crippen LogP contribution in [-0.4, -0.2) is 73.3 Å². The van der Waals surface area contributed by atoms with Crippen molar-refractivity contribution in [2.45, 2.75) is 38.5 Å². The maximum Gasteiger partial charge on any atom is 0.227 e. The van der Waals surface area contributed by atoms with Gasteiger partial charge in [-0.15, -0.1) is 11.3 Å². The van der Waals surface area contributed by atoms with Crippen LogP contribution in [0.3, 0.4) is 0 Å². The van der Waals surface area contributed by atoms with E-state index in [1.54, 1.807) is 7.11 Å². The second-order valence-corrected chi connectivity index (χ2v) is 11.9. The van der Waals surface area contributed by atoms with Crippen molar-refractivity contribution in [3.8, 4) is 11.5 Å². The summed E-state index contributed by atoms with van der Waals surface area (Å²) in [6, 6.07) is 5.83. The zero-order valence-electron chi connectivity index (χ0n) is 22.0. The topological polar surface area (TPSA) is 101 Å². The van der Waals surface area contributed by atoms with Crippen molar-refractivity contribution in [2.24, 2.45) is 5.41 Å². The van der Waals surface area contributed by atoms with E-state index >= 15 is 0 Å². The highest BCUT2D eigenvalue weighted by atomic mass is 32.1. The molecule has 8 nitrogen and oxygen atoms in total. The van der Waals surface area contributed by atoms with Crippen LogP contribution in [-0.2, 0) is 24.2 Å². The molecular formula is C27H34F2N3O5S+. The monoisotopic (exact) mass is 550 g/mol. The molecule has 1 aromatic heterocycles. The highest BCUT2D eigenvalue weighted by molar-refractivity contribution is 7.18. The summed E-state index contributed by atoms with van der Waals surface area (Å²) in [7, 11) is 7.96. The fraction of sp³-hybridized carbons (Fsp3) is 0.481. The molecule has 38 heavy (non-hydrogen) atoms. The van der Waals surface area contributed by atoms with Gasteiger partial charge in [0.2, 0.25) is 5.91 Å². The molecule has 0 spiro atoms. The number of halogens is 2. The molecule has 0 unspecified atom stereocenters. The van der Waals surface area contributed by atoms with Gasteiger partial charge in [0.15, 0.2) is 29.4 Å². The van der Waals surface area contributed by atoms with Crippen LogP contribution < -0.4 is 14.8 Å². The Morgan fingerprint density at radius 3 is 2.37 bits per heavy atom. The third-order valence-corrected chi connectivity index (χ3v) is 7.72. The lowest BCUT2D eigenvalue weighted by atomic mass is 9.80. The van der Waals surface area contributed by atoms with Gasteiger partial charge in [-0.3, -0.25) is 4.79 Å². The third kappa shape index (κ3) is 6.40. The molecule has 206 valence electrons. The predicted molar refractivity (Wildman–Crippen MR) is 140 cm³/mol. The molecule has 0 saturated carbocycles. The summed E-state index contributed by atoms with van der Waals surface area (Å²) in [6.45, 7) is 1.62. The molecule has 1 amide bonds. The number of hydrogen-bond acceptors (Lipinski definition) is 7. The van der Waals surface area contributed by atoms with Gasteiger partial charge in [-0.25, -0.2) is 13.8 Å². The van der Waals surface area contributed by atoms with Crippen molar-refractivity contribution < 1.29 is 37.7 Å². The summed E-state index contributed by atoms with van der Waals surface area (Å²) in [5.41, 5.74) is 0.450. The number of carbonyl (C=O) groups excluding carboxylic acids is 1. The molecule has 0 atom stereocenters. The normalized spacial score (nSPS) is 14.7. The number of aromatic nitrogens is 1. The minimum Gasteiger partial charge on any atom is -0.493 e. The molecule has 2 aromatic carbocycles. The first kappa shape index (κ1) is 28.2. The number of amides is 1. The molecule has 3 N–H and O–H groups in total. The zero-order valence-corrected chi connectivity index (χ0v) is 22.8. The van der Waals surface area contributed by atoms with Crippen LogP contribution in [0.4, 0.5) is 8.78 Å². The number of ether oxygens (including phenoxy) is 2. The lowest BCUT2D eigenvalue weighted by molar-refractivity contribution is -0.870. The standard InChI is InChI=1S/C27H33F2N3O5S/c1-32(2,3)6-5-7-37-22-10-20-23(11-21(22)36-4)38-24(31-20)15-30-26(35)27(14-25(33)34)12-16-8-18(28)19(29)9-17(16)13-27/h8-11,25,33-34H,5-7,12-15H2,1-4H3/p+1. The molecule has 3 aromatic rings. The van der Waals surface area contributed by atoms with E-state index in [1.807, 2.05) is 12.1 Å². The first-order valence-electron chi connectivity index (χ1n) is 12.4. The maximum absolute atomic E-state index is 13.8. The first-order chi connectivity index (χ1) is 17.9. The van der Waals surface area contributed by atoms with Gasteiger partial charge in [0.1, 0.15) is 5.01 Å². The van der Waals surface area contributed by atoms with Crippen LogP contribution in [0.2, 0.25) is 0 Å². The van der Waals surface area contributed by atoms with Crippen molar-refractivity contribution in [2.75, 3.05) is 41.4 Å². The van der Waals surface area contributed by atoms with E-state index in [0.29, 0.717) is 39.8 Å². The highest BCUT2D eigenvalue weighted by Crippen LogP contribution is 2.42. The van der Waals surface area contributed by atoms with E-state index < -0.39 is 29.2 Å². The van der Waals surface area contributed by atoms with E-state index in [0.717, 1.165) is 34.3 Å². The van der Waals surface area contributed by atoms with Crippen LogP contribution in [0.5, 0.6) is 11.5 Å². The number of nitrogens with zero attached hydrogens (tertiary/aromatic N) is 2. The van der Waals surface area contributed by atoms with Crippen molar-refractivity contribution in [3.05, 3.63) is 52.0 Å². The fourth-order valence-corrected chi connectivity index (χ4v) is 5.81. The number of thiazole rings is 1. The highest BCUT2D eigenvalue weighted by Gasteiger charge is 2.45. The van der Waals surface area contributed by atoms with Gasteiger partial charge >= 0.3 is 0 Å². The third-order valence-electron chi connectivity index (χ3n) is 6.70. The summed E-state index contributed by atoms with van der Waals surface area (Å²) in [5, 5.41) is 22.9. The minimum atomic E-state index is -1.75. The summed E-state index contributed by atoms with van der Waals surface area (Å²) < 4.78 is 40.7. The predicted octanol–water partition coefficient (Wildman–Crippen LogP) is 3.16. The number of nitrogens with one attached hydrogen (secondary N) is 1. The molecule has 1 aliphatic rings. The minimum absolute atomic E-state index is 0.0782. The largest absolute Gasteiger partial charge is 0.493 e. The second kappa shape index (κ2) is 11.1. The first-order valence-corrected chi connectivity index (χ1v) is 13.2. The molecule has 0 radical (unpaired) electrons. The van der Waals surface area contributed by atoms with Crippen LogP contribution in [0.1, 0.15) is 29.0 Å². The van der Waals surface area contributed by atoms with Crippen LogP contribution in [0.25, 0.3) is 10.2 Å². The SMILES string of the molecule is COc1cc2sc(CNC(=O)C3(CC(O)O)Cc4cc(F)c(F)cc4C3)nc2cc1OCCC[N+](C)(C)C. The van der Waals surface area contributed by atoms with Gasteiger partial charge < -0.3 is 29.5 Å². The Labute approximate surface area is 224 Å². The van der Waals surface area contributed by atoms with Gasteiger partial charge in [0.05, 0.1) is 63.6 Å². The zero-order chi connectivity index (χ0) is 27.7. The number of carbonyl (C=O) groups is 1. The summed E-state index contributed by atoms with van der Waals surface area (Å²) in [6.07, 6.45) is -0.973. The lowest BCUT2D eigenvalue weighted by Gasteiger charge is -2.28. The Hall–Kier alpha value is -2.86. The maximum atomic E-state index is 13.8. The molecule has 1 aliphatic carbocycles. The van der Waals surface area contributed by atoms with E-state index in [4.69, 9.17) is 9.47 Å². The van der Waals surface area contributed by atoms with Gasteiger partial charge in [0.25, 0.3) is 0 Å². The van der Waals surface area contributed by atoms with Crippen LogP contribution >= 0.6 is 11.3 Å². The average molecular weight is 551 g/mol. The molecule has 4 rings (SSSR count). The number of hydrogen-bond donors (Lipinski definition) is 3. The van der Waals surface area contributed by atoms with Crippen LogP contribution in [0.15, 0.2) is 24.3 Å². The summed E-state index contributed by atoms with van der Waals surface area (Å²) in [5.74, 6) is -1.22. The quantitative estimate of drug-likeness (QED) is 0.193. The fourth-order valence-electron chi connectivity index (χ4n) is 4.89. The Morgan fingerprint density at radius 2 is 1.79 bits per heavy atom. The molecule has 11 heteroatoms. The van der Waals surface area contributed by atoms with E-state index in [2.05, 4.69) is 31.4 Å². The van der Waals surface area contributed by atoms with Crippen LogP contribution in [0, 0.1) is 17.0 Å². The van der Waals surface area contributed by atoms with Crippen molar-refractivity contribution >= 4 is 27.5 Å². The van der Waals surface area contributed by atoms with E-state index in [-0.39, 0.29) is 25.8 Å². The van der Waals surface area contributed by atoms with E-state index in [1.165, 1.54) is 11.3 Å². The molecule has 1 heterocycles. The number of aliphatic hydroxyl groups excluding tert-OH is 1. The molecule has 0 aliphatic heterocycles. The number of methoxy groups -OCH3 is 1. The van der Waals surface area contributed by atoms with E-state index in [9.17, 15) is 23.8 Å².